The highest BCUT2D eigenvalue weighted by atomic mass is 14.8. The minimum atomic E-state index is 0.309. The highest BCUT2D eigenvalue weighted by molar-refractivity contribution is 6.21. The van der Waals surface area contributed by atoms with Crippen LogP contribution in [0.3, 0.4) is 0 Å². The van der Waals surface area contributed by atoms with Gasteiger partial charge in [0, 0.05) is 41.7 Å². The van der Waals surface area contributed by atoms with Gasteiger partial charge in [0.05, 0.1) is 0 Å². The van der Waals surface area contributed by atoms with Gasteiger partial charge in [-0.2, -0.15) is 0 Å². The van der Waals surface area contributed by atoms with E-state index >= 15 is 0 Å². The maximum absolute atomic E-state index is 4.72. The van der Waals surface area contributed by atoms with Gasteiger partial charge in [-0.1, -0.05) is 153 Å². The molecule has 2 heteroatoms. The minimum Gasteiger partial charge on any atom is -0.387 e. The highest BCUT2D eigenvalue weighted by Crippen LogP contribution is 2.46. The largest absolute Gasteiger partial charge is 0.387 e. The quantitative estimate of drug-likeness (QED) is 0.0806. The van der Waals surface area contributed by atoms with E-state index in [0.717, 1.165) is 42.7 Å². The molecule has 2 aliphatic rings. The predicted molar refractivity (Wildman–Crippen MR) is 219 cm³/mol. The number of dihydropyridines is 1. The second kappa shape index (κ2) is 15.0. The Hall–Kier alpha value is -5.47. The van der Waals surface area contributed by atoms with Crippen molar-refractivity contribution < 1.29 is 0 Å². The number of fused-ring (bicyclic) bond motifs is 3. The number of rotatable bonds is 7. The van der Waals surface area contributed by atoms with Crippen molar-refractivity contribution in [1.82, 2.24) is 5.32 Å². The number of benzene rings is 5. The predicted octanol–water partition coefficient (Wildman–Crippen LogP) is 12.8. The zero-order chi connectivity index (χ0) is 34.5. The van der Waals surface area contributed by atoms with E-state index in [1.54, 1.807) is 6.08 Å². The number of hydrogen-bond acceptors (Lipinski definition) is 2. The first-order valence-electron chi connectivity index (χ1n) is 18.1. The molecule has 0 fully saturated rings. The fourth-order valence-corrected chi connectivity index (χ4v) is 7.82. The zero-order valence-corrected chi connectivity index (χ0v) is 29.5. The third kappa shape index (κ3) is 6.46. The van der Waals surface area contributed by atoms with Crippen LogP contribution in [0.15, 0.2) is 169 Å². The van der Waals surface area contributed by atoms with Crippen molar-refractivity contribution in [3.8, 4) is 11.1 Å². The number of nitrogens with zero attached hydrogens (tertiary/aromatic N) is 1. The molecule has 5 aromatic rings. The van der Waals surface area contributed by atoms with Gasteiger partial charge in [-0.05, 0) is 92.8 Å². The summed E-state index contributed by atoms with van der Waals surface area (Å²) in [6, 6.07) is 31.7. The molecule has 50 heavy (non-hydrogen) atoms. The lowest BCUT2D eigenvalue weighted by molar-refractivity contribution is 0.748. The molecule has 248 valence electrons. The van der Waals surface area contributed by atoms with Gasteiger partial charge in [0.2, 0.25) is 0 Å². The van der Waals surface area contributed by atoms with Crippen LogP contribution >= 0.6 is 0 Å². The monoisotopic (exact) mass is 650 g/mol. The third-order valence-electron chi connectivity index (χ3n) is 10.2. The van der Waals surface area contributed by atoms with Crippen LogP contribution in [0.4, 0.5) is 0 Å². The van der Waals surface area contributed by atoms with E-state index < -0.39 is 0 Å². The van der Waals surface area contributed by atoms with Crippen LogP contribution in [0, 0.1) is 5.92 Å². The standard InChI is InChI=1S/C48H46N2/c1-5-7-29-50-34(4)37-28-30-49-32-46(37)40-24-14-23-39-38(40)22-15-25-41(39)48-44-20-12-10-18-42(44)47(43-19-11-13-21-45(43)48)36-17-9-8-16-35(6-2)31-33(3)26-27-36/h5,7-8,10-16,18-29,31-33,36,49H,1,6,9,17,30H2,2-4H3/b16-8-,27-26-,29-7-,35-31-,50-34+. The van der Waals surface area contributed by atoms with Crippen molar-refractivity contribution in [2.75, 3.05) is 6.54 Å². The van der Waals surface area contributed by atoms with Gasteiger partial charge < -0.3 is 5.32 Å². The molecule has 2 nitrogen and oxygen atoms in total. The molecule has 0 saturated heterocycles. The van der Waals surface area contributed by atoms with Crippen molar-refractivity contribution in [2.24, 2.45) is 10.9 Å². The first kappa shape index (κ1) is 33.0. The van der Waals surface area contributed by atoms with Gasteiger partial charge in [-0.15, -0.1) is 0 Å². The summed E-state index contributed by atoms with van der Waals surface area (Å²) in [6.07, 6.45) is 25.1. The molecule has 1 aliphatic carbocycles. The summed E-state index contributed by atoms with van der Waals surface area (Å²) in [5.41, 5.74) is 9.91. The molecule has 5 aromatic carbocycles. The second-order valence-corrected chi connectivity index (χ2v) is 13.4. The SMILES string of the molecule is C=C/C=C\N=C(/C)C1=CCNC=C1c1cccc2c(-c3c4ccccc4c(C4/C=C\C(C)/C=C(CC)\C=C/CC4)c4ccccc34)cccc12. The van der Waals surface area contributed by atoms with E-state index in [1.165, 1.54) is 60.1 Å². The number of hydrogen-bond donors (Lipinski definition) is 1. The van der Waals surface area contributed by atoms with Crippen molar-refractivity contribution in [3.63, 3.8) is 0 Å². The second-order valence-electron chi connectivity index (χ2n) is 13.4. The Morgan fingerprint density at radius 3 is 2.20 bits per heavy atom. The molecule has 0 aromatic heterocycles. The normalized spacial score (nSPS) is 20.9. The number of allylic oxidation sites excluding steroid dienone is 10. The van der Waals surface area contributed by atoms with Gasteiger partial charge in [-0.25, -0.2) is 0 Å². The topological polar surface area (TPSA) is 24.4 Å². The van der Waals surface area contributed by atoms with E-state index in [9.17, 15) is 0 Å². The van der Waals surface area contributed by atoms with E-state index in [1.807, 2.05) is 12.3 Å². The Bertz CT molecular complexity index is 2250. The molecule has 0 spiro atoms. The smallest absolute Gasteiger partial charge is 0.0449 e. The Morgan fingerprint density at radius 1 is 0.840 bits per heavy atom. The van der Waals surface area contributed by atoms with E-state index in [4.69, 9.17) is 4.99 Å². The van der Waals surface area contributed by atoms with Gasteiger partial charge in [0.25, 0.3) is 0 Å². The van der Waals surface area contributed by atoms with E-state index in [0.29, 0.717) is 11.8 Å². The molecule has 2 atom stereocenters. The van der Waals surface area contributed by atoms with Crippen molar-refractivity contribution in [2.45, 2.75) is 46.0 Å². The summed E-state index contributed by atoms with van der Waals surface area (Å²) in [5, 5.41) is 11.2. The average molecular weight is 651 g/mol. The first-order chi connectivity index (χ1) is 24.6. The number of nitrogens with one attached hydrogen (secondary N) is 1. The summed E-state index contributed by atoms with van der Waals surface area (Å²) in [7, 11) is 0. The van der Waals surface area contributed by atoms with Crippen LogP contribution in [-0.4, -0.2) is 12.3 Å². The Kier molecular flexibility index (Phi) is 9.89. The zero-order valence-electron chi connectivity index (χ0n) is 29.5. The lowest BCUT2D eigenvalue weighted by atomic mass is 9.80. The fraction of sp³-hybridized carbons (Fsp3) is 0.188. The summed E-state index contributed by atoms with van der Waals surface area (Å²) < 4.78 is 0. The minimum absolute atomic E-state index is 0.309. The molecule has 1 N–H and O–H groups in total. The van der Waals surface area contributed by atoms with Crippen molar-refractivity contribution in [3.05, 3.63) is 175 Å². The van der Waals surface area contributed by atoms with E-state index in [2.05, 4.69) is 160 Å². The van der Waals surface area contributed by atoms with Crippen LogP contribution in [0.2, 0.25) is 0 Å². The Balaban J connectivity index is 1.43. The molecular formula is C48H46N2. The molecule has 2 unspecified atom stereocenters. The fourth-order valence-electron chi connectivity index (χ4n) is 7.82. The summed E-state index contributed by atoms with van der Waals surface area (Å²) in [6.45, 7) is 11.2. The van der Waals surface area contributed by atoms with Gasteiger partial charge >= 0.3 is 0 Å². The maximum Gasteiger partial charge on any atom is 0.0449 e. The lowest BCUT2D eigenvalue weighted by Crippen LogP contribution is -2.15. The van der Waals surface area contributed by atoms with Crippen LogP contribution < -0.4 is 5.32 Å². The molecule has 1 heterocycles. The molecule has 0 saturated carbocycles. The van der Waals surface area contributed by atoms with Crippen molar-refractivity contribution in [1.29, 1.82) is 0 Å². The van der Waals surface area contributed by atoms with Crippen LogP contribution in [-0.2, 0) is 0 Å². The highest BCUT2D eigenvalue weighted by Gasteiger charge is 2.22. The summed E-state index contributed by atoms with van der Waals surface area (Å²) >= 11 is 0. The molecule has 0 bridgehead atoms. The molecule has 1 aliphatic heterocycles. The van der Waals surface area contributed by atoms with Gasteiger partial charge in [0.15, 0.2) is 0 Å². The molecule has 7 rings (SSSR count). The lowest BCUT2D eigenvalue weighted by Gasteiger charge is -2.23. The molecular weight excluding hydrogens is 605 g/mol. The van der Waals surface area contributed by atoms with Crippen LogP contribution in [0.5, 0.6) is 0 Å². The Labute approximate surface area is 297 Å². The van der Waals surface area contributed by atoms with Crippen molar-refractivity contribution >= 4 is 43.6 Å². The third-order valence-corrected chi connectivity index (χ3v) is 10.2. The summed E-state index contributed by atoms with van der Waals surface area (Å²) in [5.74, 6) is 0.698. The molecule has 0 amide bonds. The molecule has 0 radical (unpaired) electrons. The summed E-state index contributed by atoms with van der Waals surface area (Å²) in [4.78, 5) is 4.72. The average Bonchev–Trinajstić information content (AvgIpc) is 3.16. The van der Waals surface area contributed by atoms with E-state index in [-0.39, 0.29) is 0 Å². The first-order valence-corrected chi connectivity index (χ1v) is 18.1. The van der Waals surface area contributed by atoms with Crippen LogP contribution in [0.25, 0.3) is 49.0 Å². The number of aliphatic imine (C=N–C) groups is 1. The van der Waals surface area contributed by atoms with Gasteiger partial charge in [-0.3, -0.25) is 4.99 Å². The van der Waals surface area contributed by atoms with Gasteiger partial charge in [0.1, 0.15) is 0 Å². The van der Waals surface area contributed by atoms with Crippen LogP contribution in [0.1, 0.15) is 57.1 Å². The Morgan fingerprint density at radius 2 is 1.50 bits per heavy atom. The maximum atomic E-state index is 4.72.